The first kappa shape index (κ1) is 15.7. The van der Waals surface area contributed by atoms with Gasteiger partial charge in [0.05, 0.1) is 5.60 Å². The van der Waals surface area contributed by atoms with Crippen LogP contribution in [0.3, 0.4) is 0 Å². The molecule has 2 rings (SSSR count). The van der Waals surface area contributed by atoms with Crippen LogP contribution in [0.15, 0.2) is 10.7 Å². The molecular weight excluding hydrogens is 318 g/mol. The van der Waals surface area contributed by atoms with Crippen LogP contribution in [0, 0.1) is 5.92 Å². The molecule has 1 aliphatic carbocycles. The van der Waals surface area contributed by atoms with E-state index < -0.39 is 5.60 Å². The topological polar surface area (TPSA) is 58.0 Å². The van der Waals surface area contributed by atoms with Gasteiger partial charge in [-0.2, -0.15) is 0 Å². The molecular formula is C15H24BrN3O. The fourth-order valence-electron chi connectivity index (χ4n) is 2.94. The number of aryl methyl sites for hydroxylation is 1. The monoisotopic (exact) mass is 341 g/mol. The Morgan fingerprint density at radius 1 is 1.50 bits per heavy atom. The number of anilines is 1. The van der Waals surface area contributed by atoms with Crippen molar-refractivity contribution in [3.05, 3.63) is 16.5 Å². The Labute approximate surface area is 129 Å². The Bertz CT molecular complexity index is 455. The molecule has 5 heteroatoms. The van der Waals surface area contributed by atoms with Gasteiger partial charge in [-0.05, 0) is 41.1 Å². The van der Waals surface area contributed by atoms with E-state index in [1.165, 1.54) is 6.42 Å². The van der Waals surface area contributed by atoms with Gasteiger partial charge in [0.25, 0.3) is 0 Å². The molecule has 0 spiro atoms. The molecule has 1 heterocycles. The molecule has 112 valence electrons. The average molecular weight is 342 g/mol. The molecule has 20 heavy (non-hydrogen) atoms. The zero-order valence-corrected chi connectivity index (χ0v) is 13.9. The molecule has 1 aliphatic rings. The van der Waals surface area contributed by atoms with Gasteiger partial charge in [0, 0.05) is 19.0 Å². The Kier molecular flexibility index (Phi) is 5.38. The second-order valence-corrected chi connectivity index (χ2v) is 6.83. The highest BCUT2D eigenvalue weighted by molar-refractivity contribution is 9.10. The van der Waals surface area contributed by atoms with Crippen LogP contribution in [0.4, 0.5) is 5.82 Å². The summed E-state index contributed by atoms with van der Waals surface area (Å²) in [6.45, 7) is 4.89. The Hall–Kier alpha value is -0.680. The smallest absolute Gasteiger partial charge is 0.132 e. The highest BCUT2D eigenvalue weighted by Gasteiger charge is 2.32. The Morgan fingerprint density at radius 2 is 2.30 bits per heavy atom. The van der Waals surface area contributed by atoms with Gasteiger partial charge in [0.1, 0.15) is 16.2 Å². The molecule has 1 aromatic rings. The van der Waals surface area contributed by atoms with E-state index in [4.69, 9.17) is 0 Å². The SMILES string of the molecule is CCCc1nc(Br)cc(NCC2(O)CCCC(C)C2)n1. The molecule has 1 aromatic heterocycles. The van der Waals surface area contributed by atoms with Crippen LogP contribution in [-0.4, -0.2) is 27.2 Å². The van der Waals surface area contributed by atoms with Crippen molar-refractivity contribution in [2.75, 3.05) is 11.9 Å². The predicted octanol–water partition coefficient (Wildman–Crippen LogP) is 3.54. The number of halogens is 1. The summed E-state index contributed by atoms with van der Waals surface area (Å²) in [5.74, 6) is 2.23. The molecule has 0 bridgehead atoms. The molecule has 0 radical (unpaired) electrons. The van der Waals surface area contributed by atoms with Gasteiger partial charge in [-0.1, -0.05) is 26.7 Å². The fraction of sp³-hybridized carbons (Fsp3) is 0.733. The third-order valence-electron chi connectivity index (χ3n) is 3.88. The Morgan fingerprint density at radius 3 is 3.00 bits per heavy atom. The summed E-state index contributed by atoms with van der Waals surface area (Å²) in [6.07, 6.45) is 5.97. The van der Waals surface area contributed by atoms with E-state index in [-0.39, 0.29) is 0 Å². The van der Waals surface area contributed by atoms with E-state index in [1.54, 1.807) is 0 Å². The van der Waals surface area contributed by atoms with Gasteiger partial charge in [-0.25, -0.2) is 9.97 Å². The molecule has 2 unspecified atom stereocenters. The summed E-state index contributed by atoms with van der Waals surface area (Å²) in [5.41, 5.74) is -0.597. The quantitative estimate of drug-likeness (QED) is 0.804. The second kappa shape index (κ2) is 6.85. The first-order chi connectivity index (χ1) is 9.50. The number of nitrogens with zero attached hydrogens (tertiary/aromatic N) is 2. The maximum absolute atomic E-state index is 10.6. The average Bonchev–Trinajstić information content (AvgIpc) is 2.36. The first-order valence-corrected chi connectivity index (χ1v) is 8.30. The normalized spacial score (nSPS) is 26.5. The lowest BCUT2D eigenvalue weighted by Gasteiger charge is -2.35. The molecule has 4 nitrogen and oxygen atoms in total. The summed E-state index contributed by atoms with van der Waals surface area (Å²) in [5, 5.41) is 13.9. The van der Waals surface area contributed by atoms with E-state index in [1.807, 2.05) is 6.07 Å². The molecule has 0 aromatic carbocycles. The van der Waals surface area contributed by atoms with Crippen LogP contribution in [-0.2, 0) is 6.42 Å². The van der Waals surface area contributed by atoms with Crippen molar-refractivity contribution in [3.63, 3.8) is 0 Å². The minimum Gasteiger partial charge on any atom is -0.388 e. The third-order valence-corrected chi connectivity index (χ3v) is 4.29. The maximum Gasteiger partial charge on any atom is 0.132 e. The number of hydrogen-bond donors (Lipinski definition) is 2. The van der Waals surface area contributed by atoms with E-state index in [0.29, 0.717) is 12.5 Å². The fourth-order valence-corrected chi connectivity index (χ4v) is 3.36. The van der Waals surface area contributed by atoms with Crippen molar-refractivity contribution in [2.45, 2.75) is 58.0 Å². The largest absolute Gasteiger partial charge is 0.388 e. The van der Waals surface area contributed by atoms with Crippen LogP contribution in [0.5, 0.6) is 0 Å². The lowest BCUT2D eigenvalue weighted by Crippen LogP contribution is -2.41. The van der Waals surface area contributed by atoms with Gasteiger partial charge in [0.15, 0.2) is 0 Å². The minimum absolute atomic E-state index is 0.562. The van der Waals surface area contributed by atoms with Crippen LogP contribution in [0.1, 0.15) is 51.8 Å². The molecule has 2 N–H and O–H groups in total. The highest BCUT2D eigenvalue weighted by atomic mass is 79.9. The van der Waals surface area contributed by atoms with E-state index in [9.17, 15) is 5.11 Å². The predicted molar refractivity (Wildman–Crippen MR) is 84.8 cm³/mol. The number of rotatable bonds is 5. The van der Waals surface area contributed by atoms with E-state index in [2.05, 4.69) is 45.1 Å². The zero-order chi connectivity index (χ0) is 14.6. The maximum atomic E-state index is 10.6. The van der Waals surface area contributed by atoms with Crippen molar-refractivity contribution in [1.29, 1.82) is 0 Å². The van der Waals surface area contributed by atoms with E-state index in [0.717, 1.165) is 48.3 Å². The van der Waals surface area contributed by atoms with Crippen molar-refractivity contribution in [1.82, 2.24) is 9.97 Å². The summed E-state index contributed by atoms with van der Waals surface area (Å²) < 4.78 is 0.794. The summed E-state index contributed by atoms with van der Waals surface area (Å²) in [6, 6.07) is 1.87. The van der Waals surface area contributed by atoms with Gasteiger partial charge < -0.3 is 10.4 Å². The lowest BCUT2D eigenvalue weighted by atomic mass is 9.79. The van der Waals surface area contributed by atoms with Crippen molar-refractivity contribution in [3.8, 4) is 0 Å². The van der Waals surface area contributed by atoms with Crippen LogP contribution in [0.25, 0.3) is 0 Å². The zero-order valence-electron chi connectivity index (χ0n) is 12.3. The minimum atomic E-state index is -0.597. The highest BCUT2D eigenvalue weighted by Crippen LogP contribution is 2.32. The van der Waals surface area contributed by atoms with Crippen molar-refractivity contribution in [2.24, 2.45) is 5.92 Å². The molecule has 0 amide bonds. The number of hydrogen-bond acceptors (Lipinski definition) is 4. The molecule has 1 fully saturated rings. The van der Waals surface area contributed by atoms with Crippen LogP contribution < -0.4 is 5.32 Å². The van der Waals surface area contributed by atoms with Gasteiger partial charge in [0.2, 0.25) is 0 Å². The standard InChI is InChI=1S/C15H24BrN3O/c1-3-5-13-18-12(16)8-14(19-13)17-10-15(20)7-4-6-11(2)9-15/h8,11,20H,3-7,9-10H2,1-2H3,(H,17,18,19). The summed E-state index contributed by atoms with van der Waals surface area (Å²) in [7, 11) is 0. The number of aromatic nitrogens is 2. The third kappa shape index (κ3) is 4.42. The van der Waals surface area contributed by atoms with Crippen LogP contribution in [0.2, 0.25) is 0 Å². The molecule has 0 aliphatic heterocycles. The van der Waals surface area contributed by atoms with Gasteiger partial charge in [-0.15, -0.1) is 0 Å². The Balaban J connectivity index is 1.99. The molecule has 2 atom stereocenters. The molecule has 0 saturated heterocycles. The van der Waals surface area contributed by atoms with E-state index >= 15 is 0 Å². The number of aliphatic hydroxyl groups is 1. The first-order valence-electron chi connectivity index (χ1n) is 7.50. The number of nitrogens with one attached hydrogen (secondary N) is 1. The second-order valence-electron chi connectivity index (χ2n) is 6.02. The lowest BCUT2D eigenvalue weighted by molar-refractivity contribution is -0.000833. The van der Waals surface area contributed by atoms with Gasteiger partial charge in [-0.3, -0.25) is 0 Å². The van der Waals surface area contributed by atoms with Crippen LogP contribution >= 0.6 is 15.9 Å². The summed E-state index contributed by atoms with van der Waals surface area (Å²) >= 11 is 3.42. The summed E-state index contributed by atoms with van der Waals surface area (Å²) in [4.78, 5) is 8.85. The van der Waals surface area contributed by atoms with Gasteiger partial charge >= 0.3 is 0 Å². The molecule has 1 saturated carbocycles. The van der Waals surface area contributed by atoms with Crippen molar-refractivity contribution >= 4 is 21.7 Å². The van der Waals surface area contributed by atoms with Crippen molar-refractivity contribution < 1.29 is 5.11 Å².